The monoisotopic (exact) mass is 237 g/mol. The Morgan fingerprint density at radius 3 is 2.53 bits per heavy atom. The van der Waals surface area contributed by atoms with Crippen LogP contribution in [0.4, 0.5) is 4.79 Å². The molecule has 0 aromatic rings. The Hall–Kier alpha value is -1.91. The fourth-order valence-corrected chi connectivity index (χ4v) is 1.16. The smallest absolute Gasteiger partial charge is 0.412 e. The highest BCUT2D eigenvalue weighted by atomic mass is 16.6. The highest BCUT2D eigenvalue weighted by Crippen LogP contribution is 2.25. The molecule has 0 fully saturated rings. The van der Waals surface area contributed by atoms with Gasteiger partial charge in [0.1, 0.15) is 5.60 Å². The molecule has 1 aliphatic carbocycles. The molecule has 0 saturated carbocycles. The van der Waals surface area contributed by atoms with E-state index in [0.29, 0.717) is 5.70 Å². The number of ether oxygens (including phenoxy) is 1. The highest BCUT2D eigenvalue weighted by molar-refractivity contribution is 5.70. The molecule has 0 heterocycles. The molecule has 0 aromatic carbocycles. The Labute approximate surface area is 101 Å². The van der Waals surface area contributed by atoms with E-state index in [1.54, 1.807) is 26.8 Å². The maximum atomic E-state index is 11.5. The topological polar surface area (TPSA) is 90.4 Å². The van der Waals surface area contributed by atoms with Crippen molar-refractivity contribution < 1.29 is 9.53 Å². The van der Waals surface area contributed by atoms with E-state index in [1.165, 1.54) is 6.20 Å². The summed E-state index contributed by atoms with van der Waals surface area (Å²) in [5, 5.41) is 2.61. The molecule has 5 heteroatoms. The van der Waals surface area contributed by atoms with Crippen molar-refractivity contribution in [2.45, 2.75) is 26.4 Å². The molecule has 0 saturated heterocycles. The van der Waals surface area contributed by atoms with E-state index >= 15 is 0 Å². The van der Waals surface area contributed by atoms with Crippen LogP contribution in [-0.2, 0) is 4.74 Å². The third-order valence-corrected chi connectivity index (χ3v) is 1.93. The summed E-state index contributed by atoms with van der Waals surface area (Å²) in [6, 6.07) is 0. The SMILES string of the molecule is CC(C)(C)OC(=O)NC(/C=C\N)=C/[C@H]1C=C1N. The van der Waals surface area contributed by atoms with Crippen LogP contribution in [0.25, 0.3) is 0 Å². The summed E-state index contributed by atoms with van der Waals surface area (Å²) in [5.74, 6) is 0.108. The molecule has 94 valence electrons. The molecule has 17 heavy (non-hydrogen) atoms. The lowest BCUT2D eigenvalue weighted by Gasteiger charge is -2.19. The van der Waals surface area contributed by atoms with Gasteiger partial charge in [-0.3, -0.25) is 5.32 Å². The number of carbonyl (C=O) groups excluding carboxylic acids is 1. The van der Waals surface area contributed by atoms with Crippen LogP contribution in [0.5, 0.6) is 0 Å². The van der Waals surface area contributed by atoms with Crippen molar-refractivity contribution >= 4 is 6.09 Å². The molecule has 1 aliphatic rings. The largest absolute Gasteiger partial charge is 0.444 e. The van der Waals surface area contributed by atoms with Gasteiger partial charge in [0, 0.05) is 17.3 Å². The average Bonchev–Trinajstić information content (AvgIpc) is 2.78. The van der Waals surface area contributed by atoms with Crippen LogP contribution in [0, 0.1) is 5.92 Å². The Balaban J connectivity index is 2.56. The second kappa shape index (κ2) is 4.95. The zero-order chi connectivity index (χ0) is 13.1. The van der Waals surface area contributed by atoms with Gasteiger partial charge >= 0.3 is 6.09 Å². The van der Waals surface area contributed by atoms with Gasteiger partial charge in [0.05, 0.1) is 0 Å². The van der Waals surface area contributed by atoms with Gasteiger partial charge in [-0.25, -0.2) is 4.79 Å². The Morgan fingerprint density at radius 2 is 2.12 bits per heavy atom. The van der Waals surface area contributed by atoms with E-state index < -0.39 is 11.7 Å². The lowest BCUT2D eigenvalue weighted by Crippen LogP contribution is -2.31. The Kier molecular flexibility index (Phi) is 3.83. The Bertz CT molecular complexity index is 389. The van der Waals surface area contributed by atoms with Crippen LogP contribution in [0.1, 0.15) is 20.8 Å². The van der Waals surface area contributed by atoms with E-state index in [-0.39, 0.29) is 5.92 Å². The second-order valence-electron chi connectivity index (χ2n) is 4.80. The van der Waals surface area contributed by atoms with Gasteiger partial charge < -0.3 is 16.2 Å². The molecule has 0 bridgehead atoms. The molecule has 1 rings (SSSR count). The summed E-state index contributed by atoms with van der Waals surface area (Å²) in [6.45, 7) is 5.40. The molecule has 0 aliphatic heterocycles. The molecule has 5 N–H and O–H groups in total. The summed E-state index contributed by atoms with van der Waals surface area (Å²) in [6.07, 6.45) is 6.11. The molecular formula is C12H19N3O2. The summed E-state index contributed by atoms with van der Waals surface area (Å²) in [7, 11) is 0. The first-order valence-electron chi connectivity index (χ1n) is 5.39. The third kappa shape index (κ3) is 5.10. The van der Waals surface area contributed by atoms with Gasteiger partial charge in [0.15, 0.2) is 0 Å². The standard InChI is InChI=1S/C12H19N3O2/c1-12(2,3)17-11(16)15-9(4-5-13)6-8-7-10(8)14/h4-8H,13-14H2,1-3H3,(H,15,16)/b5-4-,9-6+/t8-/m0/s1. The number of hydrogen-bond donors (Lipinski definition) is 3. The summed E-state index contributed by atoms with van der Waals surface area (Å²) in [5.41, 5.74) is 11.7. The number of alkyl carbamates (subject to hydrolysis) is 1. The fourth-order valence-electron chi connectivity index (χ4n) is 1.16. The van der Waals surface area contributed by atoms with Gasteiger partial charge in [-0.1, -0.05) is 6.08 Å². The van der Waals surface area contributed by atoms with Crippen LogP contribution in [0.2, 0.25) is 0 Å². The number of amides is 1. The van der Waals surface area contributed by atoms with Crippen molar-refractivity contribution in [3.8, 4) is 0 Å². The Morgan fingerprint density at radius 1 is 1.53 bits per heavy atom. The lowest BCUT2D eigenvalue weighted by molar-refractivity contribution is 0.0548. The lowest BCUT2D eigenvalue weighted by atomic mass is 10.2. The number of allylic oxidation sites excluding steroid dienone is 3. The first-order chi connectivity index (χ1) is 7.81. The van der Waals surface area contributed by atoms with Crippen molar-refractivity contribution in [2.75, 3.05) is 0 Å². The molecule has 0 radical (unpaired) electrons. The van der Waals surface area contributed by atoms with Gasteiger partial charge in [-0.15, -0.1) is 0 Å². The first-order valence-corrected chi connectivity index (χ1v) is 5.39. The van der Waals surface area contributed by atoms with Gasteiger partial charge in [0.25, 0.3) is 0 Å². The van der Waals surface area contributed by atoms with Crippen LogP contribution in [0.15, 0.2) is 35.8 Å². The second-order valence-corrected chi connectivity index (χ2v) is 4.80. The minimum Gasteiger partial charge on any atom is -0.444 e. The van der Waals surface area contributed by atoms with Crippen molar-refractivity contribution in [1.82, 2.24) is 5.32 Å². The van der Waals surface area contributed by atoms with E-state index in [9.17, 15) is 4.79 Å². The molecule has 5 nitrogen and oxygen atoms in total. The summed E-state index contributed by atoms with van der Waals surface area (Å²) >= 11 is 0. The number of nitrogens with two attached hydrogens (primary N) is 2. The number of rotatable bonds is 3. The number of hydrogen-bond acceptors (Lipinski definition) is 4. The normalized spacial score (nSPS) is 20.1. The predicted molar refractivity (Wildman–Crippen MR) is 66.5 cm³/mol. The van der Waals surface area contributed by atoms with E-state index in [2.05, 4.69) is 5.32 Å². The summed E-state index contributed by atoms with van der Waals surface area (Å²) in [4.78, 5) is 11.5. The van der Waals surface area contributed by atoms with Gasteiger partial charge in [0.2, 0.25) is 0 Å². The average molecular weight is 237 g/mol. The molecule has 1 amide bonds. The number of nitrogens with one attached hydrogen (secondary N) is 1. The zero-order valence-electron chi connectivity index (χ0n) is 10.4. The van der Waals surface area contributed by atoms with Crippen LogP contribution >= 0.6 is 0 Å². The maximum Gasteiger partial charge on any atom is 0.412 e. The van der Waals surface area contributed by atoms with Crippen molar-refractivity contribution in [3.63, 3.8) is 0 Å². The summed E-state index contributed by atoms with van der Waals surface area (Å²) < 4.78 is 5.13. The van der Waals surface area contributed by atoms with Crippen LogP contribution in [0.3, 0.4) is 0 Å². The van der Waals surface area contributed by atoms with E-state index in [0.717, 1.165) is 5.70 Å². The minimum atomic E-state index is -0.529. The fraction of sp³-hybridized carbons (Fsp3) is 0.417. The molecular weight excluding hydrogens is 218 g/mol. The van der Waals surface area contributed by atoms with Gasteiger partial charge in [-0.05, 0) is 39.1 Å². The predicted octanol–water partition coefficient (Wildman–Crippen LogP) is 1.34. The third-order valence-electron chi connectivity index (χ3n) is 1.93. The van der Waals surface area contributed by atoms with Crippen molar-refractivity contribution in [3.05, 3.63) is 35.8 Å². The zero-order valence-corrected chi connectivity index (χ0v) is 10.4. The van der Waals surface area contributed by atoms with Crippen molar-refractivity contribution in [1.29, 1.82) is 0 Å². The van der Waals surface area contributed by atoms with E-state index in [1.807, 2.05) is 12.2 Å². The van der Waals surface area contributed by atoms with Crippen molar-refractivity contribution in [2.24, 2.45) is 17.4 Å². The minimum absolute atomic E-state index is 0.108. The molecule has 0 aromatic heterocycles. The molecule has 0 spiro atoms. The highest BCUT2D eigenvalue weighted by Gasteiger charge is 2.20. The number of carbonyl (C=O) groups is 1. The molecule has 0 unspecified atom stereocenters. The van der Waals surface area contributed by atoms with Crippen LogP contribution in [-0.4, -0.2) is 11.7 Å². The van der Waals surface area contributed by atoms with Crippen LogP contribution < -0.4 is 16.8 Å². The van der Waals surface area contributed by atoms with E-state index in [4.69, 9.17) is 16.2 Å². The van der Waals surface area contributed by atoms with Gasteiger partial charge in [-0.2, -0.15) is 0 Å². The quantitative estimate of drug-likeness (QED) is 0.646. The molecule has 1 atom stereocenters. The first kappa shape index (κ1) is 13.2. The maximum absolute atomic E-state index is 11.5.